The van der Waals surface area contributed by atoms with Gasteiger partial charge in [0.05, 0.1) is 4.92 Å². The summed E-state index contributed by atoms with van der Waals surface area (Å²) in [6.45, 7) is 3.81. The van der Waals surface area contributed by atoms with Crippen LogP contribution in [0, 0.1) is 10.1 Å². The number of carbonyl (C=O) groups is 1. The molecule has 0 aromatic heterocycles. The number of hydrogen-bond acceptors (Lipinski definition) is 5. The number of nitro benzene ring substituents is 1. The molecule has 1 aromatic rings. The first kappa shape index (κ1) is 15.9. The molecule has 0 amide bonds. The third-order valence-corrected chi connectivity index (χ3v) is 3.31. The minimum Gasteiger partial charge on any atom is -0.477 e. The van der Waals surface area contributed by atoms with Crippen LogP contribution in [0.25, 0.3) is 0 Å². The molecular weight excluding hydrogens is 264 g/mol. The summed E-state index contributed by atoms with van der Waals surface area (Å²) in [6.07, 6.45) is 1.19. The van der Waals surface area contributed by atoms with E-state index in [1.165, 1.54) is 18.2 Å². The normalized spacial score (nSPS) is 13.6. The number of aliphatic hydroxyl groups excluding tert-OH is 1. The van der Waals surface area contributed by atoms with E-state index >= 15 is 0 Å². The molecule has 0 radical (unpaired) electrons. The summed E-state index contributed by atoms with van der Waals surface area (Å²) in [5.74, 6) is -1.34. The molecule has 1 rings (SSSR count). The molecule has 7 heteroatoms. The third kappa shape index (κ3) is 3.67. The van der Waals surface area contributed by atoms with Crippen molar-refractivity contribution in [3.8, 4) is 0 Å². The van der Waals surface area contributed by atoms with Crippen molar-refractivity contribution in [2.45, 2.75) is 32.2 Å². The number of nitro groups is 1. The van der Waals surface area contributed by atoms with E-state index in [1.807, 2.05) is 13.8 Å². The molecule has 110 valence electrons. The highest BCUT2D eigenvalue weighted by molar-refractivity contribution is 5.93. The van der Waals surface area contributed by atoms with E-state index in [2.05, 4.69) is 5.32 Å². The Balaban J connectivity index is 3.12. The van der Waals surface area contributed by atoms with Crippen molar-refractivity contribution >= 4 is 17.3 Å². The van der Waals surface area contributed by atoms with Gasteiger partial charge in [0.15, 0.2) is 0 Å². The van der Waals surface area contributed by atoms with Crippen LogP contribution in [-0.4, -0.2) is 33.3 Å². The Bertz CT molecular complexity index is 517. The van der Waals surface area contributed by atoms with E-state index < -0.39 is 22.1 Å². The zero-order chi connectivity index (χ0) is 15.3. The van der Waals surface area contributed by atoms with Gasteiger partial charge in [-0.15, -0.1) is 0 Å². The average molecular weight is 282 g/mol. The standard InChI is InChI=1S/C13H18N2O5/c1-3-13(2,6-7-16)14-9-4-5-10(12(17)18)11(8-9)15(19)20/h4-5,8,14,16H,3,6-7H2,1-2H3,(H,17,18). The Morgan fingerprint density at radius 2 is 2.15 bits per heavy atom. The summed E-state index contributed by atoms with van der Waals surface area (Å²) in [7, 11) is 0. The van der Waals surface area contributed by atoms with E-state index in [0.717, 1.165) is 0 Å². The fourth-order valence-corrected chi connectivity index (χ4v) is 1.86. The molecule has 0 aliphatic heterocycles. The van der Waals surface area contributed by atoms with Crippen molar-refractivity contribution in [3.63, 3.8) is 0 Å². The first-order chi connectivity index (χ1) is 9.33. The Morgan fingerprint density at radius 3 is 2.60 bits per heavy atom. The van der Waals surface area contributed by atoms with Gasteiger partial charge in [-0.3, -0.25) is 10.1 Å². The van der Waals surface area contributed by atoms with E-state index in [1.54, 1.807) is 0 Å². The number of rotatable bonds is 7. The van der Waals surface area contributed by atoms with Gasteiger partial charge in [0.25, 0.3) is 5.69 Å². The highest BCUT2D eigenvalue weighted by Gasteiger charge is 2.24. The lowest BCUT2D eigenvalue weighted by Crippen LogP contribution is -2.35. The van der Waals surface area contributed by atoms with Gasteiger partial charge in [-0.25, -0.2) is 4.79 Å². The summed E-state index contributed by atoms with van der Waals surface area (Å²) in [6, 6.07) is 3.90. The minimum atomic E-state index is -1.34. The molecule has 0 saturated carbocycles. The Morgan fingerprint density at radius 1 is 1.50 bits per heavy atom. The molecule has 0 aliphatic rings. The van der Waals surface area contributed by atoms with Gasteiger partial charge < -0.3 is 15.5 Å². The predicted molar refractivity (Wildman–Crippen MR) is 74.1 cm³/mol. The van der Waals surface area contributed by atoms with Crippen LogP contribution >= 0.6 is 0 Å². The number of nitrogens with zero attached hydrogens (tertiary/aromatic N) is 1. The molecule has 0 aliphatic carbocycles. The predicted octanol–water partition coefficient (Wildman–Crippen LogP) is 2.26. The van der Waals surface area contributed by atoms with Crippen LogP contribution in [-0.2, 0) is 0 Å². The smallest absolute Gasteiger partial charge is 0.342 e. The van der Waals surface area contributed by atoms with Crippen LogP contribution in [0.15, 0.2) is 18.2 Å². The largest absolute Gasteiger partial charge is 0.477 e. The van der Waals surface area contributed by atoms with Gasteiger partial charge >= 0.3 is 5.97 Å². The summed E-state index contributed by atoms with van der Waals surface area (Å²) in [5.41, 5.74) is -0.752. The van der Waals surface area contributed by atoms with Gasteiger partial charge in [-0.1, -0.05) is 6.92 Å². The van der Waals surface area contributed by atoms with Crippen molar-refractivity contribution < 1.29 is 19.9 Å². The van der Waals surface area contributed by atoms with Gasteiger partial charge in [-0.2, -0.15) is 0 Å². The second-order valence-corrected chi connectivity index (χ2v) is 4.81. The van der Waals surface area contributed by atoms with Crippen molar-refractivity contribution in [1.29, 1.82) is 0 Å². The molecule has 20 heavy (non-hydrogen) atoms. The van der Waals surface area contributed by atoms with Gasteiger partial charge in [0.1, 0.15) is 5.56 Å². The number of nitrogens with one attached hydrogen (secondary N) is 1. The third-order valence-electron chi connectivity index (χ3n) is 3.31. The number of carboxylic acid groups (broad SMARTS) is 1. The lowest BCUT2D eigenvalue weighted by Gasteiger charge is -2.30. The second kappa shape index (κ2) is 6.33. The van der Waals surface area contributed by atoms with Crippen molar-refractivity contribution in [2.75, 3.05) is 11.9 Å². The maximum absolute atomic E-state index is 10.9. The summed E-state index contributed by atoms with van der Waals surface area (Å²) in [4.78, 5) is 21.1. The maximum atomic E-state index is 10.9. The van der Waals surface area contributed by atoms with Crippen molar-refractivity contribution in [2.24, 2.45) is 0 Å². The molecule has 1 unspecified atom stereocenters. The topological polar surface area (TPSA) is 113 Å². The number of hydrogen-bond donors (Lipinski definition) is 3. The average Bonchev–Trinajstić information content (AvgIpc) is 2.38. The van der Waals surface area contributed by atoms with E-state index in [-0.39, 0.29) is 12.2 Å². The molecule has 0 saturated heterocycles. The first-order valence-corrected chi connectivity index (χ1v) is 6.23. The summed E-state index contributed by atoms with van der Waals surface area (Å²) < 4.78 is 0. The van der Waals surface area contributed by atoms with Crippen molar-refractivity contribution in [1.82, 2.24) is 0 Å². The molecule has 1 aromatic carbocycles. The minimum absolute atomic E-state index is 0.00730. The highest BCUT2D eigenvalue weighted by Crippen LogP contribution is 2.27. The quantitative estimate of drug-likeness (QED) is 0.522. The zero-order valence-electron chi connectivity index (χ0n) is 11.4. The monoisotopic (exact) mass is 282 g/mol. The van der Waals surface area contributed by atoms with E-state index in [4.69, 9.17) is 10.2 Å². The molecule has 0 heterocycles. The van der Waals surface area contributed by atoms with Crippen molar-refractivity contribution in [3.05, 3.63) is 33.9 Å². The lowest BCUT2D eigenvalue weighted by atomic mass is 9.94. The molecular formula is C13H18N2O5. The van der Waals surface area contributed by atoms with Crippen LogP contribution < -0.4 is 5.32 Å². The van der Waals surface area contributed by atoms with Crippen LogP contribution in [0.2, 0.25) is 0 Å². The fraction of sp³-hybridized carbons (Fsp3) is 0.462. The van der Waals surface area contributed by atoms with Crippen LogP contribution in [0.3, 0.4) is 0 Å². The van der Waals surface area contributed by atoms with E-state index in [9.17, 15) is 14.9 Å². The van der Waals surface area contributed by atoms with Gasteiger partial charge in [0, 0.05) is 23.9 Å². The fourth-order valence-electron chi connectivity index (χ4n) is 1.86. The second-order valence-electron chi connectivity index (χ2n) is 4.81. The lowest BCUT2D eigenvalue weighted by molar-refractivity contribution is -0.385. The number of aliphatic hydroxyl groups is 1. The Labute approximate surface area is 116 Å². The van der Waals surface area contributed by atoms with Gasteiger partial charge in [0.2, 0.25) is 0 Å². The highest BCUT2D eigenvalue weighted by atomic mass is 16.6. The van der Waals surface area contributed by atoms with Crippen LogP contribution in [0.4, 0.5) is 11.4 Å². The number of aromatic carboxylic acids is 1. The molecule has 7 nitrogen and oxygen atoms in total. The zero-order valence-corrected chi connectivity index (χ0v) is 11.4. The SMILES string of the molecule is CCC(C)(CCO)Nc1ccc(C(=O)O)c([N+](=O)[O-])c1. The van der Waals surface area contributed by atoms with Gasteiger partial charge in [-0.05, 0) is 31.9 Å². The summed E-state index contributed by atoms with van der Waals surface area (Å²) in [5, 5.41) is 32.0. The molecule has 0 bridgehead atoms. The van der Waals surface area contributed by atoms with Crippen LogP contribution in [0.5, 0.6) is 0 Å². The Hall–Kier alpha value is -2.15. The maximum Gasteiger partial charge on any atom is 0.342 e. The molecule has 0 spiro atoms. The molecule has 0 fully saturated rings. The number of carboxylic acids is 1. The summed E-state index contributed by atoms with van der Waals surface area (Å²) >= 11 is 0. The Kier molecular flexibility index (Phi) is 5.04. The molecule has 3 N–H and O–H groups in total. The first-order valence-electron chi connectivity index (χ1n) is 6.23. The van der Waals surface area contributed by atoms with Crippen LogP contribution in [0.1, 0.15) is 37.0 Å². The number of benzene rings is 1. The van der Waals surface area contributed by atoms with E-state index in [0.29, 0.717) is 18.5 Å². The number of anilines is 1. The molecule has 1 atom stereocenters.